The molecule has 2 aromatic rings. The fourth-order valence-electron chi connectivity index (χ4n) is 3.98. The second-order valence-electron chi connectivity index (χ2n) is 7.86. The number of fused-ring (bicyclic) bond motifs is 1. The largest absolute Gasteiger partial charge is 0.454 e. The molecule has 0 saturated heterocycles. The van der Waals surface area contributed by atoms with Crippen molar-refractivity contribution < 1.29 is 19.1 Å². The highest BCUT2D eigenvalue weighted by molar-refractivity contribution is 5.88. The van der Waals surface area contributed by atoms with Crippen LogP contribution in [0.3, 0.4) is 0 Å². The third-order valence-electron chi connectivity index (χ3n) is 5.56. The van der Waals surface area contributed by atoms with Gasteiger partial charge in [-0.15, -0.1) is 0 Å². The molecule has 0 radical (unpaired) electrons. The number of benzene rings is 1. The van der Waals surface area contributed by atoms with Crippen molar-refractivity contribution in [2.75, 3.05) is 6.61 Å². The van der Waals surface area contributed by atoms with Gasteiger partial charge in [0, 0.05) is 36.5 Å². The van der Waals surface area contributed by atoms with E-state index in [1.165, 1.54) is 13.3 Å². The van der Waals surface area contributed by atoms with Gasteiger partial charge in [0.15, 0.2) is 6.61 Å². The average Bonchev–Trinajstić information content (AvgIpc) is 3.10. The van der Waals surface area contributed by atoms with Gasteiger partial charge >= 0.3 is 5.97 Å². The van der Waals surface area contributed by atoms with Gasteiger partial charge in [0.25, 0.3) is 5.91 Å². The maximum atomic E-state index is 12.6. The lowest BCUT2D eigenvalue weighted by Gasteiger charge is -2.29. The SMILES string of the molecule is CC(=O)N[C@@H](Cc1c[nH]c2ccccc12)C(=O)OCC(=O)N[C@H]1CCCC[C@H]1C. The Morgan fingerprint density at radius 3 is 2.72 bits per heavy atom. The van der Waals surface area contributed by atoms with E-state index < -0.39 is 12.0 Å². The van der Waals surface area contributed by atoms with E-state index in [2.05, 4.69) is 22.5 Å². The number of aromatic amines is 1. The predicted octanol–water partition coefficient (Wildman–Crippen LogP) is 2.45. The van der Waals surface area contributed by atoms with Crippen molar-refractivity contribution >= 4 is 28.7 Å². The zero-order chi connectivity index (χ0) is 20.8. The average molecular weight is 399 g/mol. The lowest BCUT2D eigenvalue weighted by Crippen LogP contribution is -2.45. The Bertz CT molecular complexity index is 876. The van der Waals surface area contributed by atoms with Gasteiger partial charge in [0.2, 0.25) is 5.91 Å². The second-order valence-corrected chi connectivity index (χ2v) is 7.86. The van der Waals surface area contributed by atoms with E-state index >= 15 is 0 Å². The van der Waals surface area contributed by atoms with Gasteiger partial charge < -0.3 is 20.4 Å². The van der Waals surface area contributed by atoms with Crippen LogP contribution in [0, 0.1) is 5.92 Å². The van der Waals surface area contributed by atoms with Crippen molar-refractivity contribution in [2.45, 2.75) is 58.0 Å². The summed E-state index contributed by atoms with van der Waals surface area (Å²) in [5.41, 5.74) is 1.86. The highest BCUT2D eigenvalue weighted by atomic mass is 16.5. The molecule has 1 aliphatic carbocycles. The van der Waals surface area contributed by atoms with Crippen LogP contribution < -0.4 is 10.6 Å². The summed E-state index contributed by atoms with van der Waals surface area (Å²) < 4.78 is 5.23. The Morgan fingerprint density at radius 1 is 1.21 bits per heavy atom. The number of para-hydroxylation sites is 1. The Balaban J connectivity index is 1.58. The summed E-state index contributed by atoms with van der Waals surface area (Å²) in [4.78, 5) is 39.5. The first-order valence-electron chi connectivity index (χ1n) is 10.2. The number of ether oxygens (including phenoxy) is 1. The van der Waals surface area contributed by atoms with Gasteiger partial charge in [-0.25, -0.2) is 4.79 Å². The van der Waals surface area contributed by atoms with Crippen molar-refractivity contribution in [1.82, 2.24) is 15.6 Å². The van der Waals surface area contributed by atoms with E-state index in [4.69, 9.17) is 4.74 Å². The van der Waals surface area contributed by atoms with E-state index in [9.17, 15) is 14.4 Å². The number of amides is 2. The normalized spacial score (nSPS) is 20.1. The highest BCUT2D eigenvalue weighted by Gasteiger charge is 2.26. The molecular formula is C22H29N3O4. The zero-order valence-electron chi connectivity index (χ0n) is 17.0. The molecule has 2 amide bonds. The molecular weight excluding hydrogens is 370 g/mol. The van der Waals surface area contributed by atoms with Crippen LogP contribution in [0.25, 0.3) is 10.9 Å². The molecule has 156 valence electrons. The standard InChI is InChI=1S/C22H29N3O4/c1-14-7-3-5-9-18(14)25-21(27)13-29-22(28)20(24-15(2)26)11-16-12-23-19-10-6-4-8-17(16)19/h4,6,8,10,12,14,18,20,23H,3,5,7,9,11,13H2,1-2H3,(H,24,26)(H,25,27)/t14-,18+,20+/m1/s1. The van der Waals surface area contributed by atoms with Crippen LogP contribution in [0.5, 0.6) is 0 Å². The van der Waals surface area contributed by atoms with Gasteiger partial charge in [-0.1, -0.05) is 38.0 Å². The van der Waals surface area contributed by atoms with E-state index in [0.29, 0.717) is 5.92 Å². The quantitative estimate of drug-likeness (QED) is 0.623. The molecule has 7 heteroatoms. The molecule has 3 rings (SSSR count). The van der Waals surface area contributed by atoms with Crippen LogP contribution in [0.15, 0.2) is 30.5 Å². The van der Waals surface area contributed by atoms with Crippen molar-refractivity contribution in [3.8, 4) is 0 Å². The smallest absolute Gasteiger partial charge is 0.329 e. The molecule has 0 bridgehead atoms. The first kappa shape index (κ1) is 20.9. The zero-order valence-corrected chi connectivity index (χ0v) is 17.0. The van der Waals surface area contributed by atoms with E-state index in [1.807, 2.05) is 30.5 Å². The van der Waals surface area contributed by atoms with Gasteiger partial charge in [0.05, 0.1) is 0 Å². The molecule has 0 unspecified atom stereocenters. The molecule has 1 fully saturated rings. The minimum Gasteiger partial charge on any atom is -0.454 e. The summed E-state index contributed by atoms with van der Waals surface area (Å²) >= 11 is 0. The molecule has 1 aromatic heterocycles. The molecule has 1 aromatic carbocycles. The van der Waals surface area contributed by atoms with Crippen molar-refractivity contribution in [3.63, 3.8) is 0 Å². The number of esters is 1. The minimum absolute atomic E-state index is 0.132. The molecule has 29 heavy (non-hydrogen) atoms. The van der Waals surface area contributed by atoms with Crippen LogP contribution in [0.2, 0.25) is 0 Å². The van der Waals surface area contributed by atoms with E-state index in [-0.39, 0.29) is 30.9 Å². The summed E-state index contributed by atoms with van der Waals surface area (Å²) in [6, 6.07) is 7.02. The monoisotopic (exact) mass is 399 g/mol. The Kier molecular flexibility index (Phi) is 6.90. The molecule has 3 N–H and O–H groups in total. The van der Waals surface area contributed by atoms with Gasteiger partial charge in [-0.05, 0) is 30.4 Å². The number of nitrogens with one attached hydrogen (secondary N) is 3. The van der Waals surface area contributed by atoms with Gasteiger partial charge in [0.1, 0.15) is 6.04 Å². The fourth-order valence-corrected chi connectivity index (χ4v) is 3.98. The predicted molar refractivity (Wildman–Crippen MR) is 110 cm³/mol. The topological polar surface area (TPSA) is 100 Å². The van der Waals surface area contributed by atoms with Crippen LogP contribution in [0.1, 0.15) is 45.1 Å². The number of aromatic nitrogens is 1. The molecule has 1 saturated carbocycles. The molecule has 7 nitrogen and oxygen atoms in total. The lowest BCUT2D eigenvalue weighted by atomic mass is 9.86. The first-order valence-corrected chi connectivity index (χ1v) is 10.2. The van der Waals surface area contributed by atoms with Crippen molar-refractivity contribution in [3.05, 3.63) is 36.0 Å². The molecule has 1 aliphatic rings. The van der Waals surface area contributed by atoms with Crippen LogP contribution in [-0.4, -0.2) is 41.5 Å². The van der Waals surface area contributed by atoms with Crippen LogP contribution in [-0.2, 0) is 25.5 Å². The van der Waals surface area contributed by atoms with Crippen molar-refractivity contribution in [1.29, 1.82) is 0 Å². The summed E-state index contributed by atoms with van der Waals surface area (Å²) in [5.74, 6) is -0.812. The molecule has 1 heterocycles. The minimum atomic E-state index is -0.854. The van der Waals surface area contributed by atoms with Crippen LogP contribution >= 0.6 is 0 Å². The summed E-state index contributed by atoms with van der Waals surface area (Å²) in [6.45, 7) is 3.14. The summed E-state index contributed by atoms with van der Waals surface area (Å²) in [5, 5.41) is 6.59. The van der Waals surface area contributed by atoms with Gasteiger partial charge in [-0.3, -0.25) is 9.59 Å². The van der Waals surface area contributed by atoms with E-state index in [1.54, 1.807) is 0 Å². The first-order chi connectivity index (χ1) is 13.9. The third-order valence-corrected chi connectivity index (χ3v) is 5.56. The van der Waals surface area contributed by atoms with Gasteiger partial charge in [-0.2, -0.15) is 0 Å². The molecule has 3 atom stereocenters. The maximum Gasteiger partial charge on any atom is 0.329 e. The number of hydrogen-bond donors (Lipinski definition) is 3. The molecule has 0 spiro atoms. The second kappa shape index (κ2) is 9.58. The number of carbonyl (C=O) groups is 3. The summed E-state index contributed by atoms with van der Waals surface area (Å²) in [7, 11) is 0. The number of H-pyrrole nitrogens is 1. The van der Waals surface area contributed by atoms with E-state index in [0.717, 1.165) is 35.7 Å². The maximum absolute atomic E-state index is 12.6. The molecule has 0 aliphatic heterocycles. The number of hydrogen-bond acceptors (Lipinski definition) is 4. The van der Waals surface area contributed by atoms with Crippen LogP contribution in [0.4, 0.5) is 0 Å². The number of carbonyl (C=O) groups excluding carboxylic acids is 3. The number of rotatable bonds is 7. The summed E-state index contributed by atoms with van der Waals surface area (Å²) in [6.07, 6.45) is 6.45. The fraction of sp³-hybridized carbons (Fsp3) is 0.500. The highest BCUT2D eigenvalue weighted by Crippen LogP contribution is 2.23. The lowest BCUT2D eigenvalue weighted by molar-refractivity contribution is -0.151. The Labute approximate surface area is 170 Å². The third kappa shape index (κ3) is 5.59. The van der Waals surface area contributed by atoms with Crippen molar-refractivity contribution in [2.24, 2.45) is 5.92 Å². The Morgan fingerprint density at radius 2 is 1.97 bits per heavy atom. The Hall–Kier alpha value is -2.83.